The molecule has 2 N–H and O–H groups in total. The Labute approximate surface area is 111 Å². The van der Waals surface area contributed by atoms with Crippen LogP contribution in [0.3, 0.4) is 0 Å². The lowest BCUT2D eigenvalue weighted by molar-refractivity contribution is 0.593. The first kappa shape index (κ1) is 13.4. The number of rotatable bonds is 8. The number of nitrogens with one attached hydrogen (secondary N) is 2. The van der Waals surface area contributed by atoms with Gasteiger partial charge in [0.25, 0.3) is 0 Å². The van der Waals surface area contributed by atoms with Crippen molar-refractivity contribution < 1.29 is 0 Å². The molecule has 0 aliphatic heterocycles. The average Bonchev–Trinajstić information content (AvgIpc) is 3.18. The molecule has 0 bridgehead atoms. The van der Waals surface area contributed by atoms with Gasteiger partial charge < -0.3 is 15.5 Å². The highest BCUT2D eigenvalue weighted by molar-refractivity contribution is 5.45. The normalized spacial score (nSPS) is 14.8. The van der Waals surface area contributed by atoms with E-state index < -0.39 is 0 Å². The van der Waals surface area contributed by atoms with Crippen LogP contribution in [0.15, 0.2) is 24.3 Å². The van der Waals surface area contributed by atoms with Crippen LogP contribution in [0.2, 0.25) is 0 Å². The van der Waals surface area contributed by atoms with E-state index in [0.717, 1.165) is 25.7 Å². The minimum atomic E-state index is 0.837. The maximum Gasteiger partial charge on any atom is 0.0361 e. The monoisotopic (exact) mass is 247 g/mol. The number of hydrogen-bond acceptors (Lipinski definition) is 3. The minimum Gasteiger partial charge on any atom is -0.378 e. The molecular formula is C15H25N3. The zero-order valence-corrected chi connectivity index (χ0v) is 11.6. The minimum absolute atomic E-state index is 0.837. The van der Waals surface area contributed by atoms with Gasteiger partial charge in [-0.3, -0.25) is 0 Å². The van der Waals surface area contributed by atoms with Gasteiger partial charge in [0.2, 0.25) is 0 Å². The van der Waals surface area contributed by atoms with Crippen LogP contribution in [0.4, 0.5) is 5.69 Å². The van der Waals surface area contributed by atoms with Gasteiger partial charge >= 0.3 is 0 Å². The summed E-state index contributed by atoms with van der Waals surface area (Å²) in [5.74, 6) is 0. The summed E-state index contributed by atoms with van der Waals surface area (Å²) in [7, 11) is 4.14. The fourth-order valence-corrected chi connectivity index (χ4v) is 1.95. The molecule has 0 spiro atoms. The Kier molecular flexibility index (Phi) is 5.02. The molecule has 0 aromatic heterocycles. The highest BCUT2D eigenvalue weighted by Crippen LogP contribution is 2.18. The number of nitrogens with zero attached hydrogens (tertiary/aromatic N) is 1. The number of anilines is 1. The van der Waals surface area contributed by atoms with Crippen molar-refractivity contribution in [2.45, 2.75) is 31.8 Å². The van der Waals surface area contributed by atoms with Crippen molar-refractivity contribution in [2.24, 2.45) is 0 Å². The summed E-state index contributed by atoms with van der Waals surface area (Å²) < 4.78 is 0. The standard InChI is InChI=1S/C15H25N3/c1-18(2)15-8-4-13(5-9-15)12-16-10-3-11-17-14-6-7-14/h4-5,8-9,14,16-17H,3,6-7,10-12H2,1-2H3. The van der Waals surface area contributed by atoms with Crippen molar-refractivity contribution >= 4 is 5.69 Å². The highest BCUT2D eigenvalue weighted by atomic mass is 15.1. The van der Waals surface area contributed by atoms with Crippen LogP contribution >= 0.6 is 0 Å². The molecule has 100 valence electrons. The first-order valence-corrected chi connectivity index (χ1v) is 6.96. The zero-order valence-electron chi connectivity index (χ0n) is 11.6. The van der Waals surface area contributed by atoms with Gasteiger partial charge in [-0.25, -0.2) is 0 Å². The van der Waals surface area contributed by atoms with Crippen LogP contribution in [0.5, 0.6) is 0 Å². The van der Waals surface area contributed by atoms with E-state index in [1.165, 1.54) is 30.5 Å². The molecule has 1 fully saturated rings. The third-order valence-corrected chi connectivity index (χ3v) is 3.32. The van der Waals surface area contributed by atoms with E-state index in [1.807, 2.05) is 0 Å². The van der Waals surface area contributed by atoms with Crippen LogP contribution in [0.1, 0.15) is 24.8 Å². The quantitative estimate of drug-likeness (QED) is 0.688. The van der Waals surface area contributed by atoms with Crippen molar-refractivity contribution in [1.82, 2.24) is 10.6 Å². The third kappa shape index (κ3) is 4.67. The molecule has 0 saturated heterocycles. The highest BCUT2D eigenvalue weighted by Gasteiger charge is 2.19. The molecular weight excluding hydrogens is 222 g/mol. The van der Waals surface area contributed by atoms with Crippen LogP contribution in [0, 0.1) is 0 Å². The Morgan fingerprint density at radius 2 is 1.83 bits per heavy atom. The van der Waals surface area contributed by atoms with Gasteiger partial charge in [-0.15, -0.1) is 0 Å². The van der Waals surface area contributed by atoms with Gasteiger partial charge in [-0.2, -0.15) is 0 Å². The molecule has 1 aromatic rings. The molecule has 3 heteroatoms. The summed E-state index contributed by atoms with van der Waals surface area (Å²) in [6.07, 6.45) is 3.98. The number of hydrogen-bond donors (Lipinski definition) is 2. The molecule has 0 heterocycles. The van der Waals surface area contributed by atoms with E-state index in [0.29, 0.717) is 0 Å². The summed E-state index contributed by atoms with van der Waals surface area (Å²) >= 11 is 0. The first-order valence-electron chi connectivity index (χ1n) is 6.96. The Morgan fingerprint density at radius 3 is 2.44 bits per heavy atom. The van der Waals surface area contributed by atoms with Crippen molar-refractivity contribution in [1.29, 1.82) is 0 Å². The van der Waals surface area contributed by atoms with E-state index in [2.05, 4.69) is 53.9 Å². The van der Waals surface area contributed by atoms with Crippen LogP contribution in [0.25, 0.3) is 0 Å². The smallest absolute Gasteiger partial charge is 0.0361 e. The Bertz CT molecular complexity index is 341. The van der Waals surface area contributed by atoms with Gasteiger partial charge in [0.1, 0.15) is 0 Å². The largest absolute Gasteiger partial charge is 0.378 e. The van der Waals surface area contributed by atoms with E-state index in [1.54, 1.807) is 0 Å². The predicted molar refractivity (Wildman–Crippen MR) is 78.1 cm³/mol. The Balaban J connectivity index is 1.57. The predicted octanol–water partition coefficient (Wildman–Crippen LogP) is 1.98. The van der Waals surface area contributed by atoms with E-state index >= 15 is 0 Å². The fraction of sp³-hybridized carbons (Fsp3) is 0.600. The molecule has 0 atom stereocenters. The van der Waals surface area contributed by atoms with Gasteiger partial charge in [0.05, 0.1) is 0 Å². The molecule has 0 unspecified atom stereocenters. The van der Waals surface area contributed by atoms with Crippen LogP contribution < -0.4 is 15.5 Å². The van der Waals surface area contributed by atoms with E-state index in [-0.39, 0.29) is 0 Å². The van der Waals surface area contributed by atoms with E-state index in [9.17, 15) is 0 Å². The van der Waals surface area contributed by atoms with Crippen LogP contribution in [-0.2, 0) is 6.54 Å². The van der Waals surface area contributed by atoms with Gasteiger partial charge in [0, 0.05) is 32.4 Å². The van der Waals surface area contributed by atoms with Crippen molar-refractivity contribution in [3.8, 4) is 0 Å². The lowest BCUT2D eigenvalue weighted by Crippen LogP contribution is -2.23. The first-order chi connectivity index (χ1) is 8.75. The molecule has 0 radical (unpaired) electrons. The maximum atomic E-state index is 3.53. The van der Waals surface area contributed by atoms with E-state index in [4.69, 9.17) is 0 Å². The fourth-order valence-electron chi connectivity index (χ4n) is 1.95. The summed E-state index contributed by atoms with van der Waals surface area (Å²) in [6, 6.07) is 9.58. The Morgan fingerprint density at radius 1 is 1.11 bits per heavy atom. The molecule has 18 heavy (non-hydrogen) atoms. The third-order valence-electron chi connectivity index (χ3n) is 3.32. The second kappa shape index (κ2) is 6.76. The molecule has 2 rings (SSSR count). The summed E-state index contributed by atoms with van der Waals surface area (Å²) in [5.41, 5.74) is 2.61. The average molecular weight is 247 g/mol. The van der Waals surface area contributed by atoms with Crippen molar-refractivity contribution in [3.05, 3.63) is 29.8 Å². The lowest BCUT2D eigenvalue weighted by atomic mass is 10.2. The molecule has 0 amide bonds. The van der Waals surface area contributed by atoms with Gasteiger partial charge in [0.15, 0.2) is 0 Å². The number of benzene rings is 1. The molecule has 1 aromatic carbocycles. The zero-order chi connectivity index (χ0) is 12.8. The lowest BCUT2D eigenvalue weighted by Gasteiger charge is -2.13. The SMILES string of the molecule is CN(C)c1ccc(CNCCCNC2CC2)cc1. The summed E-state index contributed by atoms with van der Waals surface area (Å²) in [6.45, 7) is 3.21. The second-order valence-electron chi connectivity index (χ2n) is 5.32. The molecule has 1 aliphatic carbocycles. The molecule has 1 aliphatic rings. The van der Waals surface area contributed by atoms with Gasteiger partial charge in [-0.05, 0) is 50.0 Å². The second-order valence-corrected chi connectivity index (χ2v) is 5.32. The van der Waals surface area contributed by atoms with Crippen LogP contribution in [-0.4, -0.2) is 33.2 Å². The van der Waals surface area contributed by atoms with Crippen molar-refractivity contribution in [2.75, 3.05) is 32.1 Å². The van der Waals surface area contributed by atoms with Gasteiger partial charge in [-0.1, -0.05) is 12.1 Å². The molecule has 3 nitrogen and oxygen atoms in total. The topological polar surface area (TPSA) is 27.3 Å². The maximum absolute atomic E-state index is 3.53. The summed E-state index contributed by atoms with van der Waals surface area (Å²) in [4.78, 5) is 2.13. The van der Waals surface area contributed by atoms with Crippen molar-refractivity contribution in [3.63, 3.8) is 0 Å². The summed E-state index contributed by atoms with van der Waals surface area (Å²) in [5, 5.41) is 7.02. The molecule has 1 saturated carbocycles. The Hall–Kier alpha value is -1.06.